The Morgan fingerprint density at radius 1 is 0.877 bits per heavy atom. The van der Waals surface area contributed by atoms with Crippen molar-refractivity contribution >= 4 is 83.2 Å². The number of benzene rings is 3. The van der Waals surface area contributed by atoms with Crippen molar-refractivity contribution in [2.75, 3.05) is 86.2 Å². The molecule has 65 heavy (non-hydrogen) atoms. The zero-order valence-corrected chi connectivity index (χ0v) is 39.8. The van der Waals surface area contributed by atoms with Crippen LogP contribution in [0.25, 0.3) is 10.9 Å². The lowest BCUT2D eigenvalue weighted by atomic mass is 9.89. The number of nitrogens with zero attached hydrogens (tertiary/aromatic N) is 7. The molecule has 6 heterocycles. The number of para-hydroxylation sites is 1. The van der Waals surface area contributed by atoms with Gasteiger partial charge in [-0.3, -0.25) is 19.8 Å². The molecular weight excluding hydrogens is 909 g/mol. The highest BCUT2D eigenvalue weighted by Crippen LogP contribution is 2.38. The second-order valence-corrected chi connectivity index (χ2v) is 20.7. The predicted octanol–water partition coefficient (Wildman–Crippen LogP) is 7.36. The minimum atomic E-state index is -3.52. The number of piperidine rings is 3. The first-order chi connectivity index (χ1) is 31.4. The van der Waals surface area contributed by atoms with Crippen molar-refractivity contribution in [1.29, 1.82) is 0 Å². The third kappa shape index (κ3) is 10.1. The van der Waals surface area contributed by atoms with Gasteiger partial charge in [-0.2, -0.15) is 4.98 Å². The number of methoxy groups -OCH3 is 1. The third-order valence-corrected chi connectivity index (χ3v) is 15.4. The van der Waals surface area contributed by atoms with Crippen LogP contribution >= 0.6 is 15.9 Å². The summed E-state index contributed by atoms with van der Waals surface area (Å²) < 4.78 is 32.9. The summed E-state index contributed by atoms with van der Waals surface area (Å²) in [5.41, 5.74) is 6.51. The van der Waals surface area contributed by atoms with Gasteiger partial charge in [0.25, 0.3) is 0 Å². The van der Waals surface area contributed by atoms with E-state index in [1.165, 1.54) is 40.9 Å². The van der Waals surface area contributed by atoms with Crippen LogP contribution in [-0.4, -0.2) is 122 Å². The Morgan fingerprint density at radius 3 is 2.35 bits per heavy atom. The molecule has 15 nitrogen and oxygen atoms in total. The Hall–Kier alpha value is -5.23. The number of piperazine rings is 1. The van der Waals surface area contributed by atoms with Crippen LogP contribution in [-0.2, 0) is 19.6 Å². The number of amides is 2. The van der Waals surface area contributed by atoms with E-state index in [2.05, 4.69) is 99.8 Å². The molecular formula is C48H59BrN10O5S. The lowest BCUT2D eigenvalue weighted by Gasteiger charge is -2.44. The number of nitrogens with one attached hydrogen (secondary N) is 3. The summed E-state index contributed by atoms with van der Waals surface area (Å²) in [5.74, 6) is 1.14. The van der Waals surface area contributed by atoms with Crippen molar-refractivity contribution < 1.29 is 22.7 Å². The Balaban J connectivity index is 0.767. The van der Waals surface area contributed by atoms with Gasteiger partial charge in [-0.15, -0.1) is 0 Å². The molecule has 1 unspecified atom stereocenters. The fourth-order valence-electron chi connectivity index (χ4n) is 10.3. The first kappa shape index (κ1) is 44.9. The van der Waals surface area contributed by atoms with Crippen LogP contribution in [0.3, 0.4) is 0 Å². The molecule has 0 bridgehead atoms. The SMILES string of the molecule is COc1cc(N2CCC(N3CCN(CCC4CCCCN4c4ccc(C5CC(=O)NC(=O)C5)cc4)CC3)CC2)c(C)cc1Nc1ncc(Br)c(Nc2cccc3ccn(S(C)(=O)=O)c23)n1. The molecule has 3 aromatic carbocycles. The molecule has 2 amide bonds. The standard InChI is InChI=1S/C48H59BrN10O5S/c1-32-27-41(52-48-50-31-39(49)47(54-48)51-40-9-6-7-34-14-22-59(46(34)40)65(3,62)63)43(64-2)30-42(32)57-20-16-36(17-21-57)56-25-23-55(24-26-56)19-15-37-8-4-5-18-58(37)38-12-10-33(11-13-38)35-28-44(60)53-45(61)29-35/h6-7,9-14,22,27,30-31,35-37H,4-5,8,15-21,23-26,28-29H2,1-3H3,(H,53,60,61)(H2,50,51,52,54). The molecule has 4 aliphatic rings. The predicted molar refractivity (Wildman–Crippen MR) is 261 cm³/mol. The molecule has 4 aliphatic heterocycles. The summed E-state index contributed by atoms with van der Waals surface area (Å²) in [7, 11) is -1.85. The van der Waals surface area contributed by atoms with Gasteiger partial charge < -0.3 is 30.1 Å². The highest BCUT2D eigenvalue weighted by molar-refractivity contribution is 9.10. The Kier molecular flexibility index (Phi) is 13.4. The van der Waals surface area contributed by atoms with E-state index in [-0.39, 0.29) is 17.7 Å². The average molecular weight is 968 g/mol. The van der Waals surface area contributed by atoms with E-state index < -0.39 is 10.0 Å². The van der Waals surface area contributed by atoms with E-state index >= 15 is 0 Å². The Morgan fingerprint density at radius 2 is 1.63 bits per heavy atom. The van der Waals surface area contributed by atoms with Crippen molar-refractivity contribution in [3.8, 4) is 5.75 Å². The maximum atomic E-state index is 12.5. The average Bonchev–Trinajstić information content (AvgIpc) is 3.76. The van der Waals surface area contributed by atoms with Crippen molar-refractivity contribution in [1.82, 2.24) is 29.1 Å². The maximum absolute atomic E-state index is 12.5. The summed E-state index contributed by atoms with van der Waals surface area (Å²) >= 11 is 3.56. The zero-order chi connectivity index (χ0) is 45.2. The number of carbonyl (C=O) groups is 2. The number of aryl methyl sites for hydroxylation is 1. The number of anilines is 6. The van der Waals surface area contributed by atoms with Crippen molar-refractivity contribution in [3.63, 3.8) is 0 Å². The molecule has 344 valence electrons. The van der Waals surface area contributed by atoms with E-state index in [4.69, 9.17) is 9.72 Å². The minimum Gasteiger partial charge on any atom is -0.494 e. The number of hydrogen-bond acceptors (Lipinski definition) is 13. The van der Waals surface area contributed by atoms with Crippen LogP contribution in [0.15, 0.2) is 77.5 Å². The lowest BCUT2D eigenvalue weighted by Crippen LogP contribution is -2.53. The number of halogens is 1. The summed E-state index contributed by atoms with van der Waals surface area (Å²) in [6.07, 6.45) is 12.2. The lowest BCUT2D eigenvalue weighted by molar-refractivity contribution is -0.133. The number of carbonyl (C=O) groups excluding carboxylic acids is 2. The molecule has 0 radical (unpaired) electrons. The second-order valence-electron chi connectivity index (χ2n) is 18.0. The van der Waals surface area contributed by atoms with Crippen LogP contribution < -0.4 is 30.5 Å². The van der Waals surface area contributed by atoms with Crippen molar-refractivity contribution in [2.45, 2.75) is 76.3 Å². The highest BCUT2D eigenvalue weighted by Gasteiger charge is 2.31. The maximum Gasteiger partial charge on any atom is 0.236 e. The summed E-state index contributed by atoms with van der Waals surface area (Å²) in [4.78, 5) is 43.7. The summed E-state index contributed by atoms with van der Waals surface area (Å²) in [6, 6.07) is 21.3. The van der Waals surface area contributed by atoms with Gasteiger partial charge in [-0.25, -0.2) is 17.4 Å². The van der Waals surface area contributed by atoms with Crippen LogP contribution in [0.2, 0.25) is 0 Å². The van der Waals surface area contributed by atoms with Crippen molar-refractivity contribution in [2.24, 2.45) is 0 Å². The van der Waals surface area contributed by atoms with Crippen LogP contribution in [0.5, 0.6) is 5.75 Å². The minimum absolute atomic E-state index is 0.0357. The van der Waals surface area contributed by atoms with Crippen LogP contribution in [0.4, 0.5) is 34.5 Å². The monoisotopic (exact) mass is 966 g/mol. The molecule has 3 N–H and O–H groups in total. The van der Waals surface area contributed by atoms with Gasteiger partial charge in [0.2, 0.25) is 27.8 Å². The number of fused-ring (bicyclic) bond motifs is 1. The number of aromatic nitrogens is 3. The van der Waals surface area contributed by atoms with Gasteiger partial charge in [0.1, 0.15) is 11.6 Å². The van der Waals surface area contributed by atoms with Gasteiger partial charge in [0, 0.05) is 118 Å². The van der Waals surface area contributed by atoms with Crippen LogP contribution in [0.1, 0.15) is 68.4 Å². The molecule has 0 spiro atoms. The fourth-order valence-corrected chi connectivity index (χ4v) is 11.4. The normalized spacial score (nSPS) is 19.7. The largest absolute Gasteiger partial charge is 0.494 e. The fraction of sp³-hybridized carbons (Fsp3) is 0.458. The number of imide groups is 1. The molecule has 1 atom stereocenters. The van der Waals surface area contributed by atoms with E-state index in [0.717, 1.165) is 93.8 Å². The summed E-state index contributed by atoms with van der Waals surface area (Å²) in [5, 5.41) is 9.89. The number of rotatable bonds is 13. The summed E-state index contributed by atoms with van der Waals surface area (Å²) in [6.45, 7) is 10.7. The third-order valence-electron chi connectivity index (χ3n) is 13.8. The topological polar surface area (TPSA) is 157 Å². The quantitative estimate of drug-likeness (QED) is 0.101. The first-order valence-corrected chi connectivity index (χ1v) is 25.5. The molecule has 17 heteroatoms. The molecule has 2 aromatic heterocycles. The molecule has 0 saturated carbocycles. The number of ether oxygens (including phenoxy) is 1. The molecule has 4 saturated heterocycles. The van der Waals surface area contributed by atoms with Gasteiger partial charge >= 0.3 is 0 Å². The van der Waals surface area contributed by atoms with Gasteiger partial charge in [0.15, 0.2) is 0 Å². The first-order valence-electron chi connectivity index (χ1n) is 22.9. The van der Waals surface area contributed by atoms with E-state index in [9.17, 15) is 18.0 Å². The molecule has 0 aliphatic carbocycles. The van der Waals surface area contributed by atoms with Gasteiger partial charge in [-0.1, -0.05) is 24.3 Å². The van der Waals surface area contributed by atoms with Crippen LogP contribution in [0, 0.1) is 6.92 Å². The van der Waals surface area contributed by atoms with E-state index in [0.29, 0.717) is 58.1 Å². The van der Waals surface area contributed by atoms with Gasteiger partial charge in [0.05, 0.1) is 34.7 Å². The van der Waals surface area contributed by atoms with E-state index in [1.54, 1.807) is 25.6 Å². The van der Waals surface area contributed by atoms with E-state index in [1.807, 2.05) is 18.2 Å². The Bertz CT molecular complexity index is 2630. The highest BCUT2D eigenvalue weighted by atomic mass is 79.9. The zero-order valence-electron chi connectivity index (χ0n) is 37.4. The second kappa shape index (κ2) is 19.3. The number of hydrogen-bond donors (Lipinski definition) is 3. The smallest absolute Gasteiger partial charge is 0.236 e. The molecule has 9 rings (SSSR count). The molecule has 4 fully saturated rings. The Labute approximate surface area is 390 Å². The van der Waals surface area contributed by atoms with Gasteiger partial charge in [-0.05, 0) is 103 Å². The van der Waals surface area contributed by atoms with Crippen molar-refractivity contribution in [3.05, 3.63) is 88.7 Å². The molecule has 5 aromatic rings.